The molecular weight excluding hydrogens is 202 g/mol. The van der Waals surface area contributed by atoms with Gasteiger partial charge in [-0.3, -0.25) is 14.5 Å². The SMILES string of the molecule is O=C1CCN(CC(=O)c2ccccc2)CC1. The molecule has 0 atom stereocenters. The molecule has 2 rings (SSSR count). The van der Waals surface area contributed by atoms with Crippen LogP contribution in [0, 0.1) is 0 Å². The van der Waals surface area contributed by atoms with Crippen molar-refractivity contribution in [3.05, 3.63) is 35.9 Å². The highest BCUT2D eigenvalue weighted by Gasteiger charge is 2.18. The van der Waals surface area contributed by atoms with Gasteiger partial charge >= 0.3 is 0 Å². The monoisotopic (exact) mass is 217 g/mol. The van der Waals surface area contributed by atoms with Crippen LogP contribution in [0.2, 0.25) is 0 Å². The molecule has 3 nitrogen and oxygen atoms in total. The average Bonchev–Trinajstić information content (AvgIpc) is 2.33. The molecule has 84 valence electrons. The van der Waals surface area contributed by atoms with Crippen molar-refractivity contribution in [2.24, 2.45) is 0 Å². The molecule has 0 amide bonds. The van der Waals surface area contributed by atoms with Crippen molar-refractivity contribution in [3.8, 4) is 0 Å². The summed E-state index contributed by atoms with van der Waals surface area (Å²) in [6.07, 6.45) is 1.17. The number of hydrogen-bond acceptors (Lipinski definition) is 3. The highest BCUT2D eigenvalue weighted by atomic mass is 16.1. The van der Waals surface area contributed by atoms with E-state index in [1.807, 2.05) is 30.3 Å². The lowest BCUT2D eigenvalue weighted by atomic mass is 10.1. The number of hydrogen-bond donors (Lipinski definition) is 0. The molecule has 1 saturated heterocycles. The first-order chi connectivity index (χ1) is 7.75. The third-order valence-electron chi connectivity index (χ3n) is 2.88. The molecule has 0 bridgehead atoms. The van der Waals surface area contributed by atoms with Crippen molar-refractivity contribution >= 4 is 11.6 Å². The van der Waals surface area contributed by atoms with E-state index in [4.69, 9.17) is 0 Å². The normalized spacial score (nSPS) is 17.4. The smallest absolute Gasteiger partial charge is 0.176 e. The Morgan fingerprint density at radius 2 is 1.75 bits per heavy atom. The van der Waals surface area contributed by atoms with Gasteiger partial charge in [-0.05, 0) is 0 Å². The van der Waals surface area contributed by atoms with E-state index >= 15 is 0 Å². The number of likely N-dealkylation sites (tertiary alicyclic amines) is 1. The fourth-order valence-corrected chi connectivity index (χ4v) is 1.88. The topological polar surface area (TPSA) is 37.4 Å². The molecule has 1 aromatic rings. The van der Waals surface area contributed by atoms with Gasteiger partial charge in [-0.25, -0.2) is 0 Å². The van der Waals surface area contributed by atoms with Crippen LogP contribution >= 0.6 is 0 Å². The number of ketones is 2. The molecule has 3 heteroatoms. The van der Waals surface area contributed by atoms with Crippen molar-refractivity contribution < 1.29 is 9.59 Å². The Morgan fingerprint density at radius 3 is 2.38 bits per heavy atom. The third kappa shape index (κ3) is 2.76. The molecular formula is C13H15NO2. The first-order valence-corrected chi connectivity index (χ1v) is 5.58. The summed E-state index contributed by atoms with van der Waals surface area (Å²) in [5.74, 6) is 0.443. The number of carbonyl (C=O) groups excluding carboxylic acids is 2. The van der Waals surface area contributed by atoms with Crippen molar-refractivity contribution in [2.75, 3.05) is 19.6 Å². The molecule has 0 N–H and O–H groups in total. The van der Waals surface area contributed by atoms with Crippen LogP contribution in [-0.2, 0) is 4.79 Å². The van der Waals surface area contributed by atoms with Gasteiger partial charge in [-0.2, -0.15) is 0 Å². The van der Waals surface area contributed by atoms with Crippen LogP contribution in [0.4, 0.5) is 0 Å². The van der Waals surface area contributed by atoms with E-state index < -0.39 is 0 Å². The lowest BCUT2D eigenvalue weighted by molar-refractivity contribution is -0.121. The number of rotatable bonds is 3. The molecule has 16 heavy (non-hydrogen) atoms. The second-order valence-corrected chi connectivity index (χ2v) is 4.10. The first-order valence-electron chi connectivity index (χ1n) is 5.58. The average molecular weight is 217 g/mol. The Balaban J connectivity index is 1.91. The van der Waals surface area contributed by atoms with Crippen molar-refractivity contribution in [2.45, 2.75) is 12.8 Å². The fourth-order valence-electron chi connectivity index (χ4n) is 1.88. The number of benzene rings is 1. The van der Waals surface area contributed by atoms with Gasteiger partial charge in [-0.15, -0.1) is 0 Å². The predicted molar refractivity (Wildman–Crippen MR) is 61.5 cm³/mol. The highest BCUT2D eigenvalue weighted by molar-refractivity contribution is 5.97. The van der Waals surface area contributed by atoms with Gasteiger partial charge < -0.3 is 0 Å². The molecule has 1 aliphatic rings. The number of carbonyl (C=O) groups is 2. The van der Waals surface area contributed by atoms with Gasteiger partial charge in [0, 0.05) is 31.5 Å². The Kier molecular flexibility index (Phi) is 3.47. The number of piperidine rings is 1. The lowest BCUT2D eigenvalue weighted by Gasteiger charge is -2.24. The minimum atomic E-state index is 0.134. The van der Waals surface area contributed by atoms with Gasteiger partial charge in [0.2, 0.25) is 0 Å². The van der Waals surface area contributed by atoms with E-state index in [0.29, 0.717) is 25.2 Å². The molecule has 1 aliphatic heterocycles. The zero-order chi connectivity index (χ0) is 11.4. The number of nitrogens with zero attached hydrogens (tertiary/aromatic N) is 1. The van der Waals surface area contributed by atoms with Crippen LogP contribution in [0.1, 0.15) is 23.2 Å². The van der Waals surface area contributed by atoms with E-state index in [1.54, 1.807) is 0 Å². The van der Waals surface area contributed by atoms with Crippen LogP contribution in [0.5, 0.6) is 0 Å². The summed E-state index contributed by atoms with van der Waals surface area (Å²) in [5, 5.41) is 0. The Hall–Kier alpha value is -1.48. The second-order valence-electron chi connectivity index (χ2n) is 4.10. The summed E-state index contributed by atoms with van der Waals surface area (Å²) in [7, 11) is 0. The number of Topliss-reactive ketones (excluding diaryl/α,β-unsaturated/α-hetero) is 2. The molecule has 1 heterocycles. The highest BCUT2D eigenvalue weighted by Crippen LogP contribution is 2.07. The van der Waals surface area contributed by atoms with E-state index in [2.05, 4.69) is 4.90 Å². The molecule has 0 spiro atoms. The Morgan fingerprint density at radius 1 is 1.12 bits per heavy atom. The maximum Gasteiger partial charge on any atom is 0.176 e. The quantitative estimate of drug-likeness (QED) is 0.721. The van der Waals surface area contributed by atoms with E-state index in [1.165, 1.54) is 0 Å². The Bertz CT molecular complexity index is 376. The van der Waals surface area contributed by atoms with Crippen LogP contribution in [0.3, 0.4) is 0 Å². The summed E-state index contributed by atoms with van der Waals surface area (Å²) >= 11 is 0. The molecule has 0 aromatic heterocycles. The molecule has 0 saturated carbocycles. The van der Waals surface area contributed by atoms with Crippen LogP contribution in [-0.4, -0.2) is 36.1 Å². The predicted octanol–water partition coefficient (Wildman–Crippen LogP) is 1.53. The van der Waals surface area contributed by atoms with Crippen LogP contribution in [0.25, 0.3) is 0 Å². The first kappa shape index (κ1) is 11.0. The zero-order valence-electron chi connectivity index (χ0n) is 9.19. The third-order valence-corrected chi connectivity index (χ3v) is 2.88. The molecule has 0 unspecified atom stereocenters. The van der Waals surface area contributed by atoms with Crippen LogP contribution < -0.4 is 0 Å². The molecule has 1 aromatic carbocycles. The summed E-state index contributed by atoms with van der Waals surface area (Å²) < 4.78 is 0. The standard InChI is InChI=1S/C13H15NO2/c15-12-6-8-14(9-7-12)10-13(16)11-4-2-1-3-5-11/h1-5H,6-10H2. The largest absolute Gasteiger partial charge is 0.300 e. The molecule has 1 fully saturated rings. The summed E-state index contributed by atoms with van der Waals surface area (Å²) in [6, 6.07) is 9.30. The van der Waals surface area contributed by atoms with Gasteiger partial charge in [0.25, 0.3) is 0 Å². The lowest BCUT2D eigenvalue weighted by Crippen LogP contribution is -2.37. The van der Waals surface area contributed by atoms with Crippen molar-refractivity contribution in [3.63, 3.8) is 0 Å². The zero-order valence-corrected chi connectivity index (χ0v) is 9.19. The van der Waals surface area contributed by atoms with Gasteiger partial charge in [-0.1, -0.05) is 30.3 Å². The van der Waals surface area contributed by atoms with Crippen molar-refractivity contribution in [1.29, 1.82) is 0 Å². The summed E-state index contributed by atoms with van der Waals surface area (Å²) in [6.45, 7) is 1.87. The maximum atomic E-state index is 11.9. The molecule has 0 radical (unpaired) electrons. The van der Waals surface area contributed by atoms with E-state index in [0.717, 1.165) is 18.7 Å². The minimum absolute atomic E-state index is 0.134. The fraction of sp³-hybridized carbons (Fsp3) is 0.385. The minimum Gasteiger partial charge on any atom is -0.300 e. The van der Waals surface area contributed by atoms with Gasteiger partial charge in [0.15, 0.2) is 5.78 Å². The van der Waals surface area contributed by atoms with Gasteiger partial charge in [0.05, 0.1) is 6.54 Å². The summed E-state index contributed by atoms with van der Waals surface area (Å²) in [4.78, 5) is 25.0. The maximum absolute atomic E-state index is 11.9. The Labute approximate surface area is 95.1 Å². The van der Waals surface area contributed by atoms with E-state index in [9.17, 15) is 9.59 Å². The second kappa shape index (κ2) is 5.03. The van der Waals surface area contributed by atoms with Gasteiger partial charge in [0.1, 0.15) is 5.78 Å². The van der Waals surface area contributed by atoms with Crippen molar-refractivity contribution in [1.82, 2.24) is 4.90 Å². The molecule has 0 aliphatic carbocycles. The summed E-state index contributed by atoms with van der Waals surface area (Å²) in [5.41, 5.74) is 0.749. The van der Waals surface area contributed by atoms with Crippen LogP contribution in [0.15, 0.2) is 30.3 Å². The van der Waals surface area contributed by atoms with E-state index in [-0.39, 0.29) is 5.78 Å².